The molecule has 1 aliphatic carbocycles. The highest BCUT2D eigenvalue weighted by molar-refractivity contribution is 5.79. The number of aromatic nitrogens is 2. The first-order valence-electron chi connectivity index (χ1n) is 6.68. The quantitative estimate of drug-likeness (QED) is 0.821. The van der Waals surface area contributed by atoms with Crippen molar-refractivity contribution in [3.05, 3.63) is 18.0 Å². The Hall–Kier alpha value is -1.36. The van der Waals surface area contributed by atoms with Gasteiger partial charge in [-0.2, -0.15) is 5.10 Å². The van der Waals surface area contributed by atoms with Crippen molar-refractivity contribution in [1.29, 1.82) is 0 Å². The third-order valence-corrected chi connectivity index (χ3v) is 3.61. The van der Waals surface area contributed by atoms with Gasteiger partial charge in [0.25, 0.3) is 0 Å². The Bertz CT molecular complexity index is 401. The molecule has 0 aliphatic heterocycles. The minimum atomic E-state index is 0.00230. The minimum Gasteiger partial charge on any atom is -0.355 e. The van der Waals surface area contributed by atoms with Crippen LogP contribution in [-0.4, -0.2) is 28.3 Å². The van der Waals surface area contributed by atoms with Crippen LogP contribution in [0.15, 0.2) is 12.3 Å². The van der Waals surface area contributed by atoms with Gasteiger partial charge in [0.1, 0.15) is 0 Å². The molecule has 0 saturated heterocycles. The van der Waals surface area contributed by atoms with Crippen LogP contribution in [0.1, 0.15) is 31.4 Å². The smallest absolute Gasteiger partial charge is 0.224 e. The van der Waals surface area contributed by atoms with Crippen LogP contribution < -0.4 is 11.1 Å². The first kappa shape index (κ1) is 13.1. The standard InChI is InChI=1S/C13H22N4O/c1-17-9-7-10(16-17)6-8-15-13(18)11-4-2-3-5-12(11)14/h7,9,11-12H,2-6,8,14H2,1H3,(H,15,18). The minimum absolute atomic E-state index is 0.00230. The molecule has 1 heterocycles. The lowest BCUT2D eigenvalue weighted by atomic mass is 9.84. The zero-order valence-corrected chi connectivity index (χ0v) is 10.9. The molecule has 1 saturated carbocycles. The van der Waals surface area contributed by atoms with Gasteiger partial charge in [0.15, 0.2) is 0 Å². The van der Waals surface area contributed by atoms with Crippen molar-refractivity contribution in [1.82, 2.24) is 15.1 Å². The van der Waals surface area contributed by atoms with Gasteiger partial charge in [0, 0.05) is 32.3 Å². The number of carbonyl (C=O) groups excluding carboxylic acids is 1. The summed E-state index contributed by atoms with van der Waals surface area (Å²) in [4.78, 5) is 12.0. The predicted molar refractivity (Wildman–Crippen MR) is 69.9 cm³/mol. The van der Waals surface area contributed by atoms with E-state index in [0.717, 1.165) is 37.8 Å². The van der Waals surface area contributed by atoms with Gasteiger partial charge in [-0.3, -0.25) is 9.48 Å². The predicted octanol–water partition coefficient (Wildman–Crippen LogP) is 0.596. The van der Waals surface area contributed by atoms with Gasteiger partial charge in [-0.05, 0) is 18.9 Å². The molecule has 3 N–H and O–H groups in total. The summed E-state index contributed by atoms with van der Waals surface area (Å²) in [7, 11) is 1.89. The molecule has 0 radical (unpaired) electrons. The van der Waals surface area contributed by atoms with Gasteiger partial charge in [-0.1, -0.05) is 12.8 Å². The molecule has 0 spiro atoms. The van der Waals surface area contributed by atoms with Crippen LogP contribution in [0.4, 0.5) is 0 Å². The second-order valence-electron chi connectivity index (χ2n) is 5.08. The zero-order chi connectivity index (χ0) is 13.0. The number of nitrogens with two attached hydrogens (primary N) is 1. The van der Waals surface area contributed by atoms with Gasteiger partial charge in [0.2, 0.25) is 5.91 Å². The molecule has 18 heavy (non-hydrogen) atoms. The van der Waals surface area contributed by atoms with E-state index in [1.165, 1.54) is 0 Å². The second kappa shape index (κ2) is 6.00. The van der Waals surface area contributed by atoms with Crippen LogP contribution in [0, 0.1) is 5.92 Å². The number of aryl methyl sites for hydroxylation is 1. The molecule has 5 heteroatoms. The fourth-order valence-electron chi connectivity index (χ4n) is 2.53. The summed E-state index contributed by atoms with van der Waals surface area (Å²) in [6, 6.07) is 2.01. The van der Waals surface area contributed by atoms with E-state index in [1.54, 1.807) is 4.68 Å². The summed E-state index contributed by atoms with van der Waals surface area (Å²) < 4.78 is 1.77. The Labute approximate surface area is 108 Å². The largest absolute Gasteiger partial charge is 0.355 e. The van der Waals surface area contributed by atoms with E-state index < -0.39 is 0 Å². The van der Waals surface area contributed by atoms with Crippen molar-refractivity contribution in [3.63, 3.8) is 0 Å². The Morgan fingerprint density at radius 2 is 2.33 bits per heavy atom. The second-order valence-corrected chi connectivity index (χ2v) is 5.08. The Morgan fingerprint density at radius 1 is 1.56 bits per heavy atom. The average molecular weight is 250 g/mol. The number of carbonyl (C=O) groups is 1. The van der Waals surface area contributed by atoms with E-state index in [9.17, 15) is 4.79 Å². The summed E-state index contributed by atoms with van der Waals surface area (Å²) in [5, 5.41) is 7.25. The summed E-state index contributed by atoms with van der Waals surface area (Å²) in [5.74, 6) is 0.112. The molecule has 1 aliphatic rings. The summed E-state index contributed by atoms with van der Waals surface area (Å²) in [5.41, 5.74) is 6.99. The Morgan fingerprint density at radius 3 is 3.00 bits per heavy atom. The van der Waals surface area contributed by atoms with Crippen molar-refractivity contribution in [2.75, 3.05) is 6.54 Å². The van der Waals surface area contributed by atoms with Gasteiger partial charge in [0.05, 0.1) is 11.6 Å². The fourth-order valence-corrected chi connectivity index (χ4v) is 2.53. The lowest BCUT2D eigenvalue weighted by molar-refractivity contribution is -0.126. The molecule has 0 aromatic carbocycles. The monoisotopic (exact) mass is 250 g/mol. The van der Waals surface area contributed by atoms with Gasteiger partial charge in [-0.15, -0.1) is 0 Å². The molecule has 1 aromatic heterocycles. The topological polar surface area (TPSA) is 72.9 Å². The third kappa shape index (κ3) is 3.32. The summed E-state index contributed by atoms with van der Waals surface area (Å²) in [6.07, 6.45) is 6.85. The van der Waals surface area contributed by atoms with Gasteiger partial charge in [-0.25, -0.2) is 0 Å². The number of hydrogen-bond acceptors (Lipinski definition) is 3. The van der Waals surface area contributed by atoms with Crippen LogP contribution in [0.25, 0.3) is 0 Å². The van der Waals surface area contributed by atoms with E-state index in [4.69, 9.17) is 5.73 Å². The molecular formula is C13H22N4O. The normalized spacial score (nSPS) is 23.9. The van der Waals surface area contributed by atoms with E-state index >= 15 is 0 Å². The Kier molecular flexibility index (Phi) is 4.36. The molecule has 1 aromatic rings. The van der Waals surface area contributed by atoms with Crippen LogP contribution in [-0.2, 0) is 18.3 Å². The fraction of sp³-hybridized carbons (Fsp3) is 0.692. The molecule has 2 unspecified atom stereocenters. The van der Waals surface area contributed by atoms with Crippen molar-refractivity contribution >= 4 is 5.91 Å². The highest BCUT2D eigenvalue weighted by atomic mass is 16.1. The molecule has 2 rings (SSSR count). The van der Waals surface area contributed by atoms with Gasteiger partial charge < -0.3 is 11.1 Å². The molecule has 2 atom stereocenters. The van der Waals surface area contributed by atoms with Crippen molar-refractivity contribution in [2.24, 2.45) is 18.7 Å². The molecule has 5 nitrogen and oxygen atoms in total. The molecule has 1 amide bonds. The van der Waals surface area contributed by atoms with Crippen molar-refractivity contribution in [2.45, 2.75) is 38.1 Å². The molecular weight excluding hydrogens is 228 g/mol. The number of nitrogens with one attached hydrogen (secondary N) is 1. The van der Waals surface area contributed by atoms with Crippen LogP contribution in [0.5, 0.6) is 0 Å². The highest BCUT2D eigenvalue weighted by Gasteiger charge is 2.27. The number of nitrogens with zero attached hydrogens (tertiary/aromatic N) is 2. The van der Waals surface area contributed by atoms with Crippen molar-refractivity contribution < 1.29 is 4.79 Å². The first-order valence-corrected chi connectivity index (χ1v) is 6.68. The van der Waals surface area contributed by atoms with E-state index in [-0.39, 0.29) is 17.9 Å². The summed E-state index contributed by atoms with van der Waals surface area (Å²) in [6.45, 7) is 0.638. The molecule has 0 bridgehead atoms. The number of rotatable bonds is 4. The van der Waals surface area contributed by atoms with Crippen LogP contribution in [0.2, 0.25) is 0 Å². The SMILES string of the molecule is Cn1ccc(CCNC(=O)C2CCCCC2N)n1. The van der Waals surface area contributed by atoms with E-state index in [1.807, 2.05) is 19.3 Å². The van der Waals surface area contributed by atoms with Crippen LogP contribution in [0.3, 0.4) is 0 Å². The van der Waals surface area contributed by atoms with Crippen LogP contribution >= 0.6 is 0 Å². The van der Waals surface area contributed by atoms with Gasteiger partial charge >= 0.3 is 0 Å². The Balaban J connectivity index is 1.74. The molecule has 1 fully saturated rings. The lowest BCUT2D eigenvalue weighted by Crippen LogP contribution is -2.44. The third-order valence-electron chi connectivity index (χ3n) is 3.61. The lowest BCUT2D eigenvalue weighted by Gasteiger charge is -2.27. The maximum Gasteiger partial charge on any atom is 0.224 e. The number of amides is 1. The number of hydrogen-bond donors (Lipinski definition) is 2. The highest BCUT2D eigenvalue weighted by Crippen LogP contribution is 2.22. The average Bonchev–Trinajstić information content (AvgIpc) is 2.75. The molecule has 100 valence electrons. The first-order chi connectivity index (χ1) is 8.66. The maximum absolute atomic E-state index is 12.0. The van der Waals surface area contributed by atoms with E-state index in [0.29, 0.717) is 6.54 Å². The van der Waals surface area contributed by atoms with E-state index in [2.05, 4.69) is 10.4 Å². The van der Waals surface area contributed by atoms with Crippen molar-refractivity contribution in [3.8, 4) is 0 Å². The maximum atomic E-state index is 12.0. The zero-order valence-electron chi connectivity index (χ0n) is 10.9. The summed E-state index contributed by atoms with van der Waals surface area (Å²) >= 11 is 0.